The predicted molar refractivity (Wildman–Crippen MR) is 67.9 cm³/mol. The van der Waals surface area contributed by atoms with Crippen molar-refractivity contribution in [2.75, 3.05) is 11.5 Å². The van der Waals surface area contributed by atoms with Crippen LogP contribution in [0.5, 0.6) is 0 Å². The largest absolute Gasteiger partial charge is 0.339 e. The zero-order valence-electron chi connectivity index (χ0n) is 9.50. The number of hydrogen-bond acceptors (Lipinski definition) is 6. The van der Waals surface area contributed by atoms with E-state index in [1.807, 2.05) is 23.5 Å². The van der Waals surface area contributed by atoms with Crippen LogP contribution in [0, 0.1) is 17.2 Å². The molecule has 3 rings (SSSR count). The van der Waals surface area contributed by atoms with E-state index < -0.39 is 0 Å². The van der Waals surface area contributed by atoms with Gasteiger partial charge in [-0.25, -0.2) is 0 Å². The molecule has 2 fully saturated rings. The summed E-state index contributed by atoms with van der Waals surface area (Å²) in [5, 5.41) is 13.7. The summed E-state index contributed by atoms with van der Waals surface area (Å²) in [5.41, 5.74) is 0. The lowest BCUT2D eigenvalue weighted by atomic mass is 10.3. The maximum atomic E-state index is 8.79. The highest BCUT2D eigenvalue weighted by Gasteiger charge is 2.43. The van der Waals surface area contributed by atoms with Crippen LogP contribution in [0.1, 0.15) is 36.2 Å². The van der Waals surface area contributed by atoms with E-state index in [0.717, 1.165) is 18.0 Å². The van der Waals surface area contributed by atoms with Gasteiger partial charge in [-0.05, 0) is 6.42 Å². The lowest BCUT2D eigenvalue weighted by Gasteiger charge is -2.24. The highest BCUT2D eigenvalue weighted by molar-refractivity contribution is 8.06. The van der Waals surface area contributed by atoms with Gasteiger partial charge in [0.05, 0.1) is 23.2 Å². The lowest BCUT2D eigenvalue weighted by Crippen LogP contribution is -2.16. The highest BCUT2D eigenvalue weighted by atomic mass is 32.2. The van der Waals surface area contributed by atoms with Crippen molar-refractivity contribution in [1.82, 2.24) is 10.1 Å². The van der Waals surface area contributed by atoms with Gasteiger partial charge in [-0.3, -0.25) is 0 Å². The molecule has 1 aliphatic carbocycles. The Morgan fingerprint density at radius 2 is 2.24 bits per heavy atom. The van der Waals surface area contributed by atoms with Crippen LogP contribution < -0.4 is 0 Å². The number of aromatic nitrogens is 2. The van der Waals surface area contributed by atoms with Crippen molar-refractivity contribution in [3.8, 4) is 6.07 Å². The third kappa shape index (κ3) is 2.18. The molecule has 2 aliphatic rings. The number of nitriles is 1. The minimum Gasteiger partial charge on any atom is -0.339 e. The van der Waals surface area contributed by atoms with Gasteiger partial charge in [-0.15, -0.1) is 11.8 Å². The average Bonchev–Trinajstić information content (AvgIpc) is 2.99. The highest BCUT2D eigenvalue weighted by Crippen LogP contribution is 2.47. The van der Waals surface area contributed by atoms with Crippen LogP contribution in [0.25, 0.3) is 0 Å². The van der Waals surface area contributed by atoms with Gasteiger partial charge in [-0.2, -0.15) is 22.0 Å². The Labute approximate surface area is 109 Å². The van der Waals surface area contributed by atoms with E-state index in [-0.39, 0.29) is 11.8 Å². The summed E-state index contributed by atoms with van der Waals surface area (Å²) in [7, 11) is 0. The van der Waals surface area contributed by atoms with Gasteiger partial charge in [0.1, 0.15) is 0 Å². The molecular formula is C11H13N3OS2. The van der Waals surface area contributed by atoms with Crippen LogP contribution >= 0.6 is 23.5 Å². The Balaban J connectivity index is 1.74. The van der Waals surface area contributed by atoms with Crippen molar-refractivity contribution in [3.05, 3.63) is 11.7 Å². The van der Waals surface area contributed by atoms with Crippen LogP contribution in [-0.2, 0) is 0 Å². The second kappa shape index (κ2) is 4.54. The SMILES string of the molecule is CC1SCCSC1c1noc(C2CC2C#N)n1. The van der Waals surface area contributed by atoms with E-state index >= 15 is 0 Å². The fourth-order valence-electron chi connectivity index (χ4n) is 2.04. The Bertz CT molecular complexity index is 456. The zero-order valence-corrected chi connectivity index (χ0v) is 11.1. The first-order valence-corrected chi connectivity index (χ1v) is 7.85. The normalized spacial score (nSPS) is 36.5. The summed E-state index contributed by atoms with van der Waals surface area (Å²) >= 11 is 3.87. The molecule has 2 heterocycles. The van der Waals surface area contributed by atoms with E-state index in [9.17, 15) is 0 Å². The molecule has 4 nitrogen and oxygen atoms in total. The van der Waals surface area contributed by atoms with Gasteiger partial charge in [0.15, 0.2) is 5.82 Å². The second-order valence-electron chi connectivity index (χ2n) is 4.44. The number of nitrogens with zero attached hydrogens (tertiary/aromatic N) is 3. The van der Waals surface area contributed by atoms with Gasteiger partial charge in [0, 0.05) is 16.8 Å². The van der Waals surface area contributed by atoms with Crippen LogP contribution in [0.15, 0.2) is 4.52 Å². The quantitative estimate of drug-likeness (QED) is 0.820. The van der Waals surface area contributed by atoms with E-state index in [0.29, 0.717) is 16.4 Å². The predicted octanol–water partition coefficient (Wildman–Crippen LogP) is 2.61. The van der Waals surface area contributed by atoms with Gasteiger partial charge >= 0.3 is 0 Å². The average molecular weight is 267 g/mol. The molecule has 0 bridgehead atoms. The summed E-state index contributed by atoms with van der Waals surface area (Å²) in [6, 6.07) is 2.25. The van der Waals surface area contributed by atoms with Crippen LogP contribution in [-0.4, -0.2) is 26.9 Å². The van der Waals surface area contributed by atoms with Crippen LogP contribution in [0.2, 0.25) is 0 Å². The molecule has 0 N–H and O–H groups in total. The molecule has 1 saturated carbocycles. The van der Waals surface area contributed by atoms with E-state index in [2.05, 4.69) is 23.1 Å². The minimum atomic E-state index is 0.0918. The van der Waals surface area contributed by atoms with Crippen LogP contribution in [0.3, 0.4) is 0 Å². The van der Waals surface area contributed by atoms with Crippen molar-refractivity contribution >= 4 is 23.5 Å². The van der Waals surface area contributed by atoms with Gasteiger partial charge < -0.3 is 4.52 Å². The fourth-order valence-corrected chi connectivity index (χ4v) is 4.72. The van der Waals surface area contributed by atoms with Crippen molar-refractivity contribution in [2.45, 2.75) is 29.8 Å². The smallest absolute Gasteiger partial charge is 0.231 e. The van der Waals surface area contributed by atoms with Gasteiger partial charge in [0.2, 0.25) is 5.89 Å². The molecule has 1 aliphatic heterocycles. The maximum Gasteiger partial charge on any atom is 0.231 e. The first-order chi connectivity index (χ1) is 8.29. The summed E-state index contributed by atoms with van der Waals surface area (Å²) in [6.45, 7) is 2.22. The van der Waals surface area contributed by atoms with Crippen LogP contribution in [0.4, 0.5) is 0 Å². The van der Waals surface area contributed by atoms with E-state index in [1.54, 1.807) is 0 Å². The molecule has 4 unspecified atom stereocenters. The Kier molecular flexibility index (Phi) is 3.05. The van der Waals surface area contributed by atoms with Crippen molar-refractivity contribution < 1.29 is 4.52 Å². The zero-order chi connectivity index (χ0) is 11.8. The van der Waals surface area contributed by atoms with Crippen molar-refractivity contribution in [3.63, 3.8) is 0 Å². The summed E-state index contributed by atoms with van der Waals surface area (Å²) < 4.78 is 5.29. The molecule has 6 heteroatoms. The Morgan fingerprint density at radius 1 is 1.41 bits per heavy atom. The Morgan fingerprint density at radius 3 is 2.94 bits per heavy atom. The molecule has 4 atom stereocenters. The van der Waals surface area contributed by atoms with Crippen molar-refractivity contribution in [1.29, 1.82) is 5.26 Å². The molecule has 1 saturated heterocycles. The molecule has 0 spiro atoms. The molecule has 1 aromatic heterocycles. The molecule has 90 valence electrons. The fraction of sp³-hybridized carbons (Fsp3) is 0.727. The molecule has 1 aromatic rings. The first kappa shape index (κ1) is 11.4. The van der Waals surface area contributed by atoms with E-state index in [1.165, 1.54) is 5.75 Å². The maximum absolute atomic E-state index is 8.79. The molecular weight excluding hydrogens is 254 g/mol. The number of rotatable bonds is 2. The monoisotopic (exact) mass is 267 g/mol. The second-order valence-corrected chi connectivity index (χ2v) is 7.17. The first-order valence-electron chi connectivity index (χ1n) is 5.76. The standard InChI is InChI=1S/C11H13N3OS2/c1-6-9(17-3-2-16-6)10-13-11(15-14-10)8-4-7(8)5-12/h6-9H,2-4H2,1H3. The van der Waals surface area contributed by atoms with Crippen molar-refractivity contribution in [2.24, 2.45) is 5.92 Å². The number of hydrogen-bond donors (Lipinski definition) is 0. The Hall–Kier alpha value is -0.670. The van der Waals surface area contributed by atoms with Gasteiger partial charge in [0.25, 0.3) is 0 Å². The minimum absolute atomic E-state index is 0.0918. The molecule has 0 aromatic carbocycles. The topological polar surface area (TPSA) is 62.7 Å². The summed E-state index contributed by atoms with van der Waals surface area (Å²) in [6.07, 6.45) is 0.875. The van der Waals surface area contributed by atoms with Gasteiger partial charge in [-0.1, -0.05) is 12.1 Å². The third-order valence-corrected chi connectivity index (χ3v) is 6.26. The summed E-state index contributed by atoms with van der Waals surface area (Å²) in [4.78, 5) is 4.48. The molecule has 0 radical (unpaired) electrons. The van der Waals surface area contributed by atoms with E-state index in [4.69, 9.17) is 9.78 Å². The molecule has 17 heavy (non-hydrogen) atoms. The number of thioether (sulfide) groups is 2. The third-order valence-electron chi connectivity index (χ3n) is 3.17. The lowest BCUT2D eigenvalue weighted by molar-refractivity contribution is 0.372. The molecule has 0 amide bonds. The summed E-state index contributed by atoms with van der Waals surface area (Å²) in [5.74, 6) is 4.11.